The minimum absolute atomic E-state index is 0.0429. The van der Waals surface area contributed by atoms with Crippen molar-refractivity contribution in [2.75, 3.05) is 33.0 Å². The predicted octanol–water partition coefficient (Wildman–Crippen LogP) is 1.04. The SMILES string of the molecule is CCC(=O)CCCOCCOCC(=O)NC(CCCCNC(=O)CC)C(=O)O. The highest BCUT2D eigenvalue weighted by atomic mass is 16.5. The molecule has 0 spiro atoms. The van der Waals surface area contributed by atoms with Gasteiger partial charge in [-0.15, -0.1) is 0 Å². The molecule has 0 radical (unpaired) electrons. The minimum Gasteiger partial charge on any atom is -0.480 e. The molecule has 1 unspecified atom stereocenters. The van der Waals surface area contributed by atoms with E-state index in [0.29, 0.717) is 58.3 Å². The monoisotopic (exact) mass is 402 g/mol. The molecule has 28 heavy (non-hydrogen) atoms. The molecule has 3 N–H and O–H groups in total. The first-order valence-electron chi connectivity index (χ1n) is 9.86. The van der Waals surface area contributed by atoms with Crippen LogP contribution in [0.15, 0.2) is 0 Å². The molecule has 0 aromatic carbocycles. The Morgan fingerprint density at radius 2 is 1.61 bits per heavy atom. The van der Waals surface area contributed by atoms with Crippen molar-refractivity contribution < 1.29 is 33.8 Å². The number of rotatable bonds is 18. The number of unbranched alkanes of at least 4 members (excludes halogenated alkanes) is 1. The van der Waals surface area contributed by atoms with E-state index < -0.39 is 17.9 Å². The number of amides is 2. The lowest BCUT2D eigenvalue weighted by Crippen LogP contribution is -2.42. The first-order valence-corrected chi connectivity index (χ1v) is 9.86. The molecule has 0 bridgehead atoms. The van der Waals surface area contributed by atoms with Gasteiger partial charge in [-0.2, -0.15) is 0 Å². The molecule has 0 heterocycles. The summed E-state index contributed by atoms with van der Waals surface area (Å²) in [5.74, 6) is -1.44. The van der Waals surface area contributed by atoms with E-state index in [9.17, 15) is 24.3 Å². The van der Waals surface area contributed by atoms with Gasteiger partial charge in [-0.1, -0.05) is 13.8 Å². The van der Waals surface area contributed by atoms with Crippen LogP contribution in [-0.2, 0) is 28.7 Å². The largest absolute Gasteiger partial charge is 0.480 e. The molecule has 0 saturated heterocycles. The number of Topliss-reactive ketones (excluding diaryl/α,β-unsaturated/α-hetero) is 1. The number of carbonyl (C=O) groups excluding carboxylic acids is 3. The number of carboxylic acids is 1. The molecular weight excluding hydrogens is 368 g/mol. The molecule has 0 aliphatic carbocycles. The normalized spacial score (nSPS) is 11.6. The van der Waals surface area contributed by atoms with E-state index in [4.69, 9.17) is 9.47 Å². The topological polar surface area (TPSA) is 131 Å². The van der Waals surface area contributed by atoms with Crippen LogP contribution in [-0.4, -0.2) is 67.7 Å². The lowest BCUT2D eigenvalue weighted by molar-refractivity contribution is -0.142. The van der Waals surface area contributed by atoms with E-state index in [0.717, 1.165) is 0 Å². The average molecular weight is 402 g/mol. The number of carbonyl (C=O) groups is 4. The summed E-state index contributed by atoms with van der Waals surface area (Å²) >= 11 is 0. The third-order valence-corrected chi connectivity index (χ3v) is 3.94. The number of hydrogen-bond donors (Lipinski definition) is 3. The fourth-order valence-corrected chi connectivity index (χ4v) is 2.25. The van der Waals surface area contributed by atoms with E-state index in [1.165, 1.54) is 0 Å². The van der Waals surface area contributed by atoms with Crippen molar-refractivity contribution in [2.45, 2.75) is 64.8 Å². The van der Waals surface area contributed by atoms with Gasteiger partial charge in [-0.3, -0.25) is 14.4 Å². The Bertz CT molecular complexity index is 483. The lowest BCUT2D eigenvalue weighted by atomic mass is 10.1. The van der Waals surface area contributed by atoms with Crippen molar-refractivity contribution in [3.63, 3.8) is 0 Å². The fraction of sp³-hybridized carbons (Fsp3) is 0.789. The maximum atomic E-state index is 11.8. The Balaban J connectivity index is 3.77. The van der Waals surface area contributed by atoms with Crippen LogP contribution < -0.4 is 10.6 Å². The second kappa shape index (κ2) is 17.1. The molecule has 0 fully saturated rings. The summed E-state index contributed by atoms with van der Waals surface area (Å²) in [5.41, 5.74) is 0. The van der Waals surface area contributed by atoms with E-state index in [1.54, 1.807) is 6.92 Å². The molecule has 0 aromatic heterocycles. The van der Waals surface area contributed by atoms with Gasteiger partial charge in [0.25, 0.3) is 0 Å². The first-order chi connectivity index (χ1) is 13.4. The number of hydrogen-bond acceptors (Lipinski definition) is 6. The Morgan fingerprint density at radius 1 is 0.893 bits per heavy atom. The predicted molar refractivity (Wildman–Crippen MR) is 103 cm³/mol. The van der Waals surface area contributed by atoms with Gasteiger partial charge in [0, 0.05) is 32.4 Å². The first kappa shape index (κ1) is 26.0. The smallest absolute Gasteiger partial charge is 0.326 e. The van der Waals surface area contributed by atoms with Crippen molar-refractivity contribution in [1.29, 1.82) is 0 Å². The second-order valence-electron chi connectivity index (χ2n) is 6.32. The Labute approximate surface area is 166 Å². The molecule has 2 amide bonds. The van der Waals surface area contributed by atoms with Crippen LogP contribution in [0.5, 0.6) is 0 Å². The van der Waals surface area contributed by atoms with Gasteiger partial charge in [0.05, 0.1) is 13.2 Å². The standard InChI is InChI=1S/C19H34N2O7/c1-3-15(22)8-7-11-27-12-13-28-14-18(24)21-16(19(25)26)9-5-6-10-20-17(23)4-2/h16H,3-14H2,1-2H3,(H,20,23)(H,21,24)(H,25,26). The Morgan fingerprint density at radius 3 is 2.25 bits per heavy atom. The van der Waals surface area contributed by atoms with Gasteiger partial charge in [0.15, 0.2) is 0 Å². The summed E-state index contributed by atoms with van der Waals surface area (Å²) in [6, 6.07) is -0.981. The third-order valence-electron chi connectivity index (χ3n) is 3.94. The summed E-state index contributed by atoms with van der Waals surface area (Å²) in [6.45, 7) is 4.81. The molecule has 0 aliphatic heterocycles. The maximum absolute atomic E-state index is 11.8. The quantitative estimate of drug-likeness (QED) is 0.292. The van der Waals surface area contributed by atoms with Gasteiger partial charge in [-0.25, -0.2) is 4.79 Å². The van der Waals surface area contributed by atoms with Crippen LogP contribution in [0.2, 0.25) is 0 Å². The molecule has 0 aliphatic rings. The zero-order valence-corrected chi connectivity index (χ0v) is 17.0. The fourth-order valence-electron chi connectivity index (χ4n) is 2.25. The highest BCUT2D eigenvalue weighted by Gasteiger charge is 2.19. The highest BCUT2D eigenvalue weighted by molar-refractivity contribution is 5.84. The summed E-state index contributed by atoms with van der Waals surface area (Å²) in [6.07, 6.45) is 3.60. The summed E-state index contributed by atoms with van der Waals surface area (Å²) in [7, 11) is 0. The second-order valence-corrected chi connectivity index (χ2v) is 6.32. The van der Waals surface area contributed by atoms with Crippen molar-refractivity contribution in [1.82, 2.24) is 10.6 Å². The maximum Gasteiger partial charge on any atom is 0.326 e. The van der Waals surface area contributed by atoms with E-state index in [-0.39, 0.29) is 31.3 Å². The van der Waals surface area contributed by atoms with E-state index in [2.05, 4.69) is 10.6 Å². The van der Waals surface area contributed by atoms with Crippen molar-refractivity contribution >= 4 is 23.6 Å². The Kier molecular flexibility index (Phi) is 15.9. The van der Waals surface area contributed by atoms with Crippen LogP contribution in [0.3, 0.4) is 0 Å². The van der Waals surface area contributed by atoms with Crippen molar-refractivity contribution in [3.8, 4) is 0 Å². The molecule has 9 heteroatoms. The summed E-state index contributed by atoms with van der Waals surface area (Å²) in [5, 5.41) is 14.3. The zero-order chi connectivity index (χ0) is 21.2. The minimum atomic E-state index is -1.10. The van der Waals surface area contributed by atoms with Crippen molar-refractivity contribution in [3.05, 3.63) is 0 Å². The van der Waals surface area contributed by atoms with Crippen LogP contribution in [0.1, 0.15) is 58.8 Å². The lowest BCUT2D eigenvalue weighted by Gasteiger charge is -2.14. The number of carboxylic acid groups (broad SMARTS) is 1. The molecule has 0 rings (SSSR count). The van der Waals surface area contributed by atoms with Crippen LogP contribution in [0.25, 0.3) is 0 Å². The number of aliphatic carboxylic acids is 1. The van der Waals surface area contributed by atoms with Crippen molar-refractivity contribution in [2.24, 2.45) is 0 Å². The molecule has 0 saturated carbocycles. The van der Waals surface area contributed by atoms with Gasteiger partial charge < -0.3 is 25.2 Å². The summed E-state index contributed by atoms with van der Waals surface area (Å²) in [4.78, 5) is 45.2. The molecular formula is C19H34N2O7. The molecule has 162 valence electrons. The zero-order valence-electron chi connectivity index (χ0n) is 17.0. The molecule has 9 nitrogen and oxygen atoms in total. The molecule has 1 atom stereocenters. The van der Waals surface area contributed by atoms with Crippen LogP contribution >= 0.6 is 0 Å². The van der Waals surface area contributed by atoms with Gasteiger partial charge in [0.1, 0.15) is 18.4 Å². The summed E-state index contributed by atoms with van der Waals surface area (Å²) < 4.78 is 10.5. The Hall–Kier alpha value is -2.00. The highest BCUT2D eigenvalue weighted by Crippen LogP contribution is 2.01. The number of ether oxygens (including phenoxy) is 2. The van der Waals surface area contributed by atoms with Crippen LogP contribution in [0, 0.1) is 0 Å². The van der Waals surface area contributed by atoms with Gasteiger partial charge in [-0.05, 0) is 25.7 Å². The van der Waals surface area contributed by atoms with Gasteiger partial charge >= 0.3 is 5.97 Å². The van der Waals surface area contributed by atoms with E-state index >= 15 is 0 Å². The van der Waals surface area contributed by atoms with Gasteiger partial charge in [0.2, 0.25) is 11.8 Å². The van der Waals surface area contributed by atoms with Crippen LogP contribution in [0.4, 0.5) is 0 Å². The molecule has 0 aromatic rings. The van der Waals surface area contributed by atoms with E-state index in [1.807, 2.05) is 6.92 Å². The number of nitrogens with one attached hydrogen (secondary N) is 2. The average Bonchev–Trinajstić information content (AvgIpc) is 2.67. The number of ketones is 1. The third kappa shape index (κ3) is 15.1.